The van der Waals surface area contributed by atoms with E-state index in [0.29, 0.717) is 17.7 Å². The molecule has 0 saturated heterocycles. The molecule has 124 valence electrons. The summed E-state index contributed by atoms with van der Waals surface area (Å²) in [5.74, 6) is -1.64. The van der Waals surface area contributed by atoms with Crippen LogP contribution in [0.25, 0.3) is 0 Å². The molecular weight excluding hydrogens is 300 g/mol. The number of ether oxygens (including phenoxy) is 1. The van der Waals surface area contributed by atoms with Crippen LogP contribution >= 0.6 is 0 Å². The number of carbonyl (C=O) groups excluding carboxylic acids is 2. The maximum atomic E-state index is 11.6. The molecule has 0 heterocycles. The summed E-state index contributed by atoms with van der Waals surface area (Å²) < 4.78 is 5.48. The molecule has 0 radical (unpaired) electrons. The Hall–Kier alpha value is -2.83. The minimum atomic E-state index is -1.25. The second-order valence-electron chi connectivity index (χ2n) is 4.84. The first-order chi connectivity index (χ1) is 10.9. The van der Waals surface area contributed by atoms with Crippen molar-refractivity contribution < 1.29 is 24.2 Å². The van der Waals surface area contributed by atoms with E-state index in [-0.39, 0.29) is 6.61 Å². The molecular formula is C16H20N2O5. The Labute approximate surface area is 134 Å². The standard InChI is InChI=1S/C16H20N2O5/c1-3-11(2)12-6-4-5-7-13(12)23-10-15(20)18-17-14(19)8-9-16(21)22/h4-9,11H,3,10H2,1-2H3,(H,17,19)(H,18,20)(H,21,22)/b9-8+. The summed E-state index contributed by atoms with van der Waals surface area (Å²) in [6, 6.07) is 7.45. The van der Waals surface area contributed by atoms with Crippen LogP contribution in [0.4, 0.5) is 0 Å². The number of hydrazine groups is 1. The van der Waals surface area contributed by atoms with Crippen molar-refractivity contribution in [2.75, 3.05) is 6.61 Å². The number of amides is 2. The highest BCUT2D eigenvalue weighted by Crippen LogP contribution is 2.28. The molecule has 1 atom stereocenters. The molecule has 7 nitrogen and oxygen atoms in total. The van der Waals surface area contributed by atoms with Gasteiger partial charge in [-0.2, -0.15) is 0 Å². The maximum Gasteiger partial charge on any atom is 0.328 e. The Balaban J connectivity index is 2.48. The third-order valence-corrected chi connectivity index (χ3v) is 3.12. The van der Waals surface area contributed by atoms with E-state index in [9.17, 15) is 14.4 Å². The van der Waals surface area contributed by atoms with Gasteiger partial charge in [-0.15, -0.1) is 0 Å². The number of para-hydroxylation sites is 1. The summed E-state index contributed by atoms with van der Waals surface area (Å²) in [6.45, 7) is 3.86. The van der Waals surface area contributed by atoms with Crippen LogP contribution in [0, 0.1) is 0 Å². The zero-order valence-electron chi connectivity index (χ0n) is 13.0. The molecule has 0 saturated carbocycles. The average Bonchev–Trinajstić information content (AvgIpc) is 2.55. The van der Waals surface area contributed by atoms with E-state index >= 15 is 0 Å². The van der Waals surface area contributed by atoms with E-state index in [4.69, 9.17) is 9.84 Å². The fourth-order valence-corrected chi connectivity index (χ4v) is 1.74. The number of carbonyl (C=O) groups is 3. The molecule has 0 aliphatic carbocycles. The normalized spacial score (nSPS) is 11.7. The van der Waals surface area contributed by atoms with Gasteiger partial charge >= 0.3 is 5.97 Å². The molecule has 0 aliphatic heterocycles. The van der Waals surface area contributed by atoms with Gasteiger partial charge in [0.05, 0.1) is 0 Å². The van der Waals surface area contributed by atoms with Crippen molar-refractivity contribution in [3.05, 3.63) is 42.0 Å². The summed E-state index contributed by atoms with van der Waals surface area (Å²) in [6.07, 6.45) is 2.40. The predicted octanol–water partition coefficient (Wildman–Crippen LogP) is 1.37. The molecule has 0 aliphatic rings. The number of nitrogens with one attached hydrogen (secondary N) is 2. The second kappa shape index (κ2) is 9.24. The van der Waals surface area contributed by atoms with Gasteiger partial charge in [-0.3, -0.25) is 20.4 Å². The SMILES string of the molecule is CCC(C)c1ccccc1OCC(=O)NNC(=O)/C=C/C(=O)O. The molecule has 1 rings (SSSR count). The molecule has 23 heavy (non-hydrogen) atoms. The molecule has 0 bridgehead atoms. The molecule has 0 aromatic heterocycles. The van der Waals surface area contributed by atoms with Crippen LogP contribution in [-0.4, -0.2) is 29.5 Å². The van der Waals surface area contributed by atoms with Gasteiger partial charge in [0.15, 0.2) is 6.61 Å². The van der Waals surface area contributed by atoms with Crippen LogP contribution in [0.15, 0.2) is 36.4 Å². The molecule has 7 heteroatoms. The van der Waals surface area contributed by atoms with Crippen LogP contribution in [0.3, 0.4) is 0 Å². The highest BCUT2D eigenvalue weighted by atomic mass is 16.5. The summed E-state index contributed by atoms with van der Waals surface area (Å²) in [7, 11) is 0. The van der Waals surface area contributed by atoms with Crippen LogP contribution < -0.4 is 15.6 Å². The minimum absolute atomic E-state index is 0.267. The fourth-order valence-electron chi connectivity index (χ4n) is 1.74. The number of hydrogen-bond donors (Lipinski definition) is 3. The van der Waals surface area contributed by atoms with E-state index in [2.05, 4.69) is 24.7 Å². The Kier molecular flexibility index (Phi) is 7.32. The first-order valence-electron chi connectivity index (χ1n) is 7.15. The second-order valence-corrected chi connectivity index (χ2v) is 4.84. The lowest BCUT2D eigenvalue weighted by Crippen LogP contribution is -2.43. The van der Waals surface area contributed by atoms with E-state index < -0.39 is 17.8 Å². The first kappa shape index (κ1) is 18.2. The van der Waals surface area contributed by atoms with Gasteiger partial charge in [-0.1, -0.05) is 32.0 Å². The maximum absolute atomic E-state index is 11.6. The molecule has 3 N–H and O–H groups in total. The van der Waals surface area contributed by atoms with Crippen molar-refractivity contribution in [1.29, 1.82) is 0 Å². The Morgan fingerprint density at radius 3 is 2.57 bits per heavy atom. The van der Waals surface area contributed by atoms with E-state index in [1.807, 2.05) is 18.2 Å². The van der Waals surface area contributed by atoms with Crippen molar-refractivity contribution in [1.82, 2.24) is 10.9 Å². The first-order valence-corrected chi connectivity index (χ1v) is 7.15. The minimum Gasteiger partial charge on any atom is -0.483 e. The molecule has 1 aromatic rings. The van der Waals surface area contributed by atoms with Gasteiger partial charge in [0.1, 0.15) is 5.75 Å². The highest BCUT2D eigenvalue weighted by Gasteiger charge is 2.11. The molecule has 1 unspecified atom stereocenters. The van der Waals surface area contributed by atoms with Gasteiger partial charge in [-0.25, -0.2) is 4.79 Å². The third kappa shape index (κ3) is 6.64. The number of carboxylic acid groups (broad SMARTS) is 1. The van der Waals surface area contributed by atoms with Crippen LogP contribution in [0.1, 0.15) is 31.7 Å². The Morgan fingerprint density at radius 2 is 1.91 bits per heavy atom. The Bertz CT molecular complexity index is 598. The summed E-state index contributed by atoms with van der Waals surface area (Å²) >= 11 is 0. The van der Waals surface area contributed by atoms with Gasteiger partial charge in [0.2, 0.25) is 0 Å². The zero-order chi connectivity index (χ0) is 17.2. The molecule has 0 spiro atoms. The molecule has 0 fully saturated rings. The van der Waals surface area contributed by atoms with Crippen molar-refractivity contribution in [2.24, 2.45) is 0 Å². The highest BCUT2D eigenvalue weighted by molar-refractivity contribution is 5.94. The number of rotatable bonds is 7. The largest absolute Gasteiger partial charge is 0.483 e. The van der Waals surface area contributed by atoms with Crippen molar-refractivity contribution in [3.8, 4) is 5.75 Å². The predicted molar refractivity (Wildman–Crippen MR) is 83.7 cm³/mol. The van der Waals surface area contributed by atoms with Crippen molar-refractivity contribution >= 4 is 17.8 Å². The summed E-state index contributed by atoms with van der Waals surface area (Å²) in [4.78, 5) is 33.0. The van der Waals surface area contributed by atoms with Gasteiger partial charge in [-0.05, 0) is 24.0 Å². The van der Waals surface area contributed by atoms with Crippen LogP contribution in [0.2, 0.25) is 0 Å². The lowest BCUT2D eigenvalue weighted by atomic mass is 9.98. The number of aliphatic carboxylic acids is 1. The van der Waals surface area contributed by atoms with Crippen molar-refractivity contribution in [2.45, 2.75) is 26.2 Å². The quantitative estimate of drug-likeness (QED) is 0.520. The van der Waals surface area contributed by atoms with Gasteiger partial charge < -0.3 is 9.84 Å². The summed E-state index contributed by atoms with van der Waals surface area (Å²) in [5.41, 5.74) is 5.20. The number of hydrogen-bond acceptors (Lipinski definition) is 4. The zero-order valence-corrected chi connectivity index (χ0v) is 13.0. The third-order valence-electron chi connectivity index (χ3n) is 3.12. The van der Waals surface area contributed by atoms with E-state index in [1.165, 1.54) is 0 Å². The molecule has 1 aromatic carbocycles. The lowest BCUT2D eigenvalue weighted by molar-refractivity contribution is -0.131. The monoisotopic (exact) mass is 320 g/mol. The Morgan fingerprint density at radius 1 is 1.22 bits per heavy atom. The topological polar surface area (TPSA) is 105 Å². The van der Waals surface area contributed by atoms with E-state index in [1.54, 1.807) is 6.07 Å². The summed E-state index contributed by atoms with van der Waals surface area (Å²) in [5, 5.41) is 8.37. The number of benzene rings is 1. The van der Waals surface area contributed by atoms with Gasteiger partial charge in [0, 0.05) is 12.2 Å². The van der Waals surface area contributed by atoms with Crippen LogP contribution in [-0.2, 0) is 14.4 Å². The van der Waals surface area contributed by atoms with E-state index in [0.717, 1.165) is 18.1 Å². The van der Waals surface area contributed by atoms with Crippen molar-refractivity contribution in [3.63, 3.8) is 0 Å². The van der Waals surface area contributed by atoms with Gasteiger partial charge in [0.25, 0.3) is 11.8 Å². The lowest BCUT2D eigenvalue weighted by Gasteiger charge is -2.15. The van der Waals surface area contributed by atoms with Crippen LogP contribution in [0.5, 0.6) is 5.75 Å². The number of carboxylic acids is 1. The fraction of sp³-hybridized carbons (Fsp3) is 0.312. The molecule has 2 amide bonds. The average molecular weight is 320 g/mol. The smallest absolute Gasteiger partial charge is 0.328 e.